The monoisotopic (exact) mass is 384 g/mol. The van der Waals surface area contributed by atoms with Gasteiger partial charge in [-0.3, -0.25) is 4.79 Å². The number of carbonyl (C=O) groups is 2. The normalized spacial score (nSPS) is 10.6. The summed E-state index contributed by atoms with van der Waals surface area (Å²) in [7, 11) is 0. The molecule has 0 bridgehead atoms. The zero-order valence-electron chi connectivity index (χ0n) is 15.4. The molecule has 3 aromatic rings. The number of anilines is 1. The van der Waals surface area contributed by atoms with Gasteiger partial charge < -0.3 is 14.8 Å². The second-order valence-corrected chi connectivity index (χ2v) is 6.94. The molecule has 0 aliphatic rings. The van der Waals surface area contributed by atoms with Crippen molar-refractivity contribution in [2.24, 2.45) is 0 Å². The van der Waals surface area contributed by atoms with Crippen LogP contribution in [-0.2, 0) is 9.53 Å². The molecule has 0 saturated heterocycles. The summed E-state index contributed by atoms with van der Waals surface area (Å²) in [6.07, 6.45) is 0. The Bertz CT molecular complexity index is 983. The Labute approximate surface area is 161 Å². The average Bonchev–Trinajstić information content (AvgIpc) is 2.99. The molecule has 0 saturated carbocycles. The van der Waals surface area contributed by atoms with Crippen molar-refractivity contribution < 1.29 is 19.1 Å². The van der Waals surface area contributed by atoms with Crippen LogP contribution in [-0.4, -0.2) is 30.1 Å². The van der Waals surface area contributed by atoms with Gasteiger partial charge in [-0.1, -0.05) is 18.2 Å². The molecule has 6 nitrogen and oxygen atoms in total. The zero-order valence-corrected chi connectivity index (χ0v) is 16.2. The molecule has 140 valence electrons. The Kier molecular flexibility index (Phi) is 5.71. The maximum Gasteiger partial charge on any atom is 0.350 e. The minimum Gasteiger partial charge on any atom is -0.484 e. The van der Waals surface area contributed by atoms with Gasteiger partial charge in [0, 0.05) is 11.1 Å². The Hall–Kier alpha value is -2.93. The van der Waals surface area contributed by atoms with Crippen LogP contribution < -0.4 is 10.1 Å². The van der Waals surface area contributed by atoms with E-state index < -0.39 is 5.97 Å². The van der Waals surface area contributed by atoms with Gasteiger partial charge in [-0.25, -0.2) is 9.78 Å². The smallest absolute Gasteiger partial charge is 0.350 e. The van der Waals surface area contributed by atoms with Crippen molar-refractivity contribution in [3.8, 4) is 5.75 Å². The molecule has 0 aliphatic carbocycles. The Morgan fingerprint density at radius 3 is 2.63 bits per heavy atom. The van der Waals surface area contributed by atoms with Gasteiger partial charge in [0.15, 0.2) is 6.61 Å². The maximum absolute atomic E-state index is 12.4. The SMILES string of the molecule is CCOC(=O)c1sc2nc(C)cc(C)c2c1NC(=O)COc1ccccc1. The number of rotatable bonds is 6. The number of nitrogens with zero attached hydrogens (tertiary/aromatic N) is 1. The van der Waals surface area contributed by atoms with E-state index in [0.717, 1.165) is 16.6 Å². The summed E-state index contributed by atoms with van der Waals surface area (Å²) in [6, 6.07) is 11.0. The van der Waals surface area contributed by atoms with Crippen LogP contribution in [0, 0.1) is 13.8 Å². The van der Waals surface area contributed by atoms with E-state index in [0.29, 0.717) is 21.1 Å². The molecule has 0 radical (unpaired) electrons. The van der Waals surface area contributed by atoms with Crippen molar-refractivity contribution in [2.45, 2.75) is 20.8 Å². The number of aromatic nitrogens is 1. The van der Waals surface area contributed by atoms with Crippen LogP contribution >= 0.6 is 11.3 Å². The number of nitrogens with one attached hydrogen (secondary N) is 1. The minimum atomic E-state index is -0.475. The van der Waals surface area contributed by atoms with Gasteiger partial charge in [0.05, 0.1) is 12.3 Å². The average molecular weight is 384 g/mol. The number of carbonyl (C=O) groups excluding carboxylic acids is 2. The molecule has 1 amide bonds. The van der Waals surface area contributed by atoms with Gasteiger partial charge in [0.1, 0.15) is 15.5 Å². The van der Waals surface area contributed by atoms with Gasteiger partial charge in [0.25, 0.3) is 5.91 Å². The number of aryl methyl sites for hydroxylation is 2. The number of ether oxygens (including phenoxy) is 2. The molecule has 0 fully saturated rings. The van der Waals surface area contributed by atoms with Gasteiger partial charge in [0.2, 0.25) is 0 Å². The summed E-state index contributed by atoms with van der Waals surface area (Å²) >= 11 is 1.22. The lowest BCUT2D eigenvalue weighted by Crippen LogP contribution is -2.21. The van der Waals surface area contributed by atoms with Crippen LogP contribution in [0.3, 0.4) is 0 Å². The number of hydrogen-bond acceptors (Lipinski definition) is 6. The lowest BCUT2D eigenvalue weighted by Gasteiger charge is -2.09. The number of amides is 1. The molecule has 0 spiro atoms. The van der Waals surface area contributed by atoms with E-state index >= 15 is 0 Å². The fourth-order valence-corrected chi connectivity index (χ4v) is 3.89. The number of hydrogen-bond donors (Lipinski definition) is 1. The topological polar surface area (TPSA) is 77.5 Å². The van der Waals surface area contributed by atoms with Gasteiger partial charge >= 0.3 is 5.97 Å². The summed E-state index contributed by atoms with van der Waals surface area (Å²) in [5.74, 6) is -0.233. The van der Waals surface area contributed by atoms with Crippen molar-refractivity contribution in [3.63, 3.8) is 0 Å². The summed E-state index contributed by atoms with van der Waals surface area (Å²) in [4.78, 5) is 30.3. The number of pyridine rings is 1. The van der Waals surface area contributed by atoms with Crippen LogP contribution in [0.4, 0.5) is 5.69 Å². The van der Waals surface area contributed by atoms with Crippen LogP contribution in [0.25, 0.3) is 10.2 Å². The minimum absolute atomic E-state index is 0.165. The highest BCUT2D eigenvalue weighted by Gasteiger charge is 2.23. The predicted octanol–water partition coefficient (Wildman–Crippen LogP) is 4.11. The van der Waals surface area contributed by atoms with Gasteiger partial charge in [-0.2, -0.15) is 0 Å². The van der Waals surface area contributed by atoms with E-state index in [1.165, 1.54) is 11.3 Å². The molecular formula is C20H20N2O4S. The molecule has 1 aromatic carbocycles. The molecule has 0 aliphatic heterocycles. The summed E-state index contributed by atoms with van der Waals surface area (Å²) < 4.78 is 10.6. The number of para-hydroxylation sites is 1. The highest BCUT2D eigenvalue weighted by atomic mass is 32.1. The predicted molar refractivity (Wildman–Crippen MR) is 106 cm³/mol. The lowest BCUT2D eigenvalue weighted by molar-refractivity contribution is -0.118. The van der Waals surface area contributed by atoms with Crippen molar-refractivity contribution in [2.75, 3.05) is 18.5 Å². The standard InChI is InChI=1S/C20H20N2O4S/c1-4-25-20(24)18-17(16-12(2)10-13(3)21-19(16)27-18)22-15(23)11-26-14-8-6-5-7-9-14/h5-10H,4,11H2,1-3H3,(H,22,23). The van der Waals surface area contributed by atoms with Crippen LogP contribution in [0.15, 0.2) is 36.4 Å². The van der Waals surface area contributed by atoms with Crippen molar-refractivity contribution in [1.82, 2.24) is 4.98 Å². The number of esters is 1. The molecule has 3 rings (SSSR count). The lowest BCUT2D eigenvalue weighted by atomic mass is 10.1. The molecule has 1 N–H and O–H groups in total. The second kappa shape index (κ2) is 8.18. The molecule has 2 aromatic heterocycles. The van der Waals surface area contributed by atoms with Crippen LogP contribution in [0.2, 0.25) is 0 Å². The van der Waals surface area contributed by atoms with E-state index in [1.807, 2.05) is 38.1 Å². The first kappa shape index (κ1) is 18.8. The fourth-order valence-electron chi connectivity index (χ4n) is 2.74. The zero-order chi connectivity index (χ0) is 19.4. The fraction of sp³-hybridized carbons (Fsp3) is 0.250. The Balaban J connectivity index is 1.90. The van der Waals surface area contributed by atoms with E-state index in [-0.39, 0.29) is 19.1 Å². The molecular weight excluding hydrogens is 364 g/mol. The summed E-state index contributed by atoms with van der Waals surface area (Å²) in [6.45, 7) is 5.65. The van der Waals surface area contributed by atoms with Crippen molar-refractivity contribution in [1.29, 1.82) is 0 Å². The Morgan fingerprint density at radius 1 is 1.19 bits per heavy atom. The molecule has 2 heterocycles. The number of fused-ring (bicyclic) bond motifs is 1. The molecule has 27 heavy (non-hydrogen) atoms. The third kappa shape index (κ3) is 4.25. The maximum atomic E-state index is 12.4. The number of benzene rings is 1. The van der Waals surface area contributed by atoms with Gasteiger partial charge in [-0.05, 0) is 44.5 Å². The quantitative estimate of drug-likeness (QED) is 0.647. The third-order valence-electron chi connectivity index (χ3n) is 3.83. The molecule has 0 unspecified atom stereocenters. The third-order valence-corrected chi connectivity index (χ3v) is 4.89. The first-order chi connectivity index (χ1) is 13.0. The Morgan fingerprint density at radius 2 is 1.93 bits per heavy atom. The van der Waals surface area contributed by atoms with Gasteiger partial charge in [-0.15, -0.1) is 11.3 Å². The van der Waals surface area contributed by atoms with Crippen LogP contribution in [0.5, 0.6) is 5.75 Å². The van der Waals surface area contributed by atoms with Crippen molar-refractivity contribution in [3.05, 3.63) is 52.5 Å². The first-order valence-electron chi connectivity index (χ1n) is 8.55. The highest BCUT2D eigenvalue weighted by Crippen LogP contribution is 2.37. The molecule has 0 atom stereocenters. The van der Waals surface area contributed by atoms with E-state index in [9.17, 15) is 9.59 Å². The highest BCUT2D eigenvalue weighted by molar-refractivity contribution is 7.21. The first-order valence-corrected chi connectivity index (χ1v) is 9.36. The van der Waals surface area contributed by atoms with E-state index in [1.54, 1.807) is 19.1 Å². The largest absolute Gasteiger partial charge is 0.484 e. The molecule has 7 heteroatoms. The second-order valence-electron chi connectivity index (χ2n) is 5.94. The summed E-state index contributed by atoms with van der Waals surface area (Å²) in [5, 5.41) is 3.56. The number of thiophene rings is 1. The van der Waals surface area contributed by atoms with Crippen molar-refractivity contribution >= 4 is 39.1 Å². The van der Waals surface area contributed by atoms with E-state index in [4.69, 9.17) is 9.47 Å². The van der Waals surface area contributed by atoms with Crippen LogP contribution in [0.1, 0.15) is 27.9 Å². The summed E-state index contributed by atoms with van der Waals surface area (Å²) in [5.41, 5.74) is 2.21. The van der Waals surface area contributed by atoms with E-state index in [2.05, 4.69) is 10.3 Å².